The lowest BCUT2D eigenvalue weighted by Crippen LogP contribution is -1.97. The third-order valence-electron chi connectivity index (χ3n) is 4.32. The number of halogens is 2. The summed E-state index contributed by atoms with van der Waals surface area (Å²) in [5.41, 5.74) is 5.50. The standard InChI is InChI=1S/C24H19Cl2NO/c1-16-3-7-18(8-4-16)15-28-24-22(25)12-19(13-23(24)26)11-21(14-27)20-9-5-17(2)6-10-20/h3-13H,15H2,1-2H3/b21-11-. The zero-order valence-electron chi connectivity index (χ0n) is 15.7. The maximum atomic E-state index is 9.52. The molecule has 0 bridgehead atoms. The molecule has 4 heteroatoms. The first-order valence-corrected chi connectivity index (χ1v) is 9.58. The molecule has 0 aromatic heterocycles. The van der Waals surface area contributed by atoms with Crippen molar-refractivity contribution in [3.63, 3.8) is 0 Å². The van der Waals surface area contributed by atoms with E-state index in [2.05, 4.69) is 6.07 Å². The molecule has 0 saturated carbocycles. The van der Waals surface area contributed by atoms with Crippen LogP contribution in [0.25, 0.3) is 11.6 Å². The van der Waals surface area contributed by atoms with E-state index in [-0.39, 0.29) is 0 Å². The van der Waals surface area contributed by atoms with Crippen molar-refractivity contribution in [1.82, 2.24) is 0 Å². The molecule has 0 N–H and O–H groups in total. The highest BCUT2D eigenvalue weighted by molar-refractivity contribution is 6.37. The smallest absolute Gasteiger partial charge is 0.157 e. The molecule has 3 aromatic rings. The Morgan fingerprint density at radius 1 is 0.929 bits per heavy atom. The summed E-state index contributed by atoms with van der Waals surface area (Å²) in [4.78, 5) is 0. The molecule has 140 valence electrons. The molecule has 0 fully saturated rings. The number of rotatable bonds is 5. The Hall–Kier alpha value is -2.73. The van der Waals surface area contributed by atoms with Gasteiger partial charge >= 0.3 is 0 Å². The molecule has 0 heterocycles. The van der Waals surface area contributed by atoms with Crippen molar-refractivity contribution in [3.8, 4) is 11.8 Å². The highest BCUT2D eigenvalue weighted by Crippen LogP contribution is 2.36. The minimum atomic E-state index is 0.377. The molecule has 0 aliphatic rings. The van der Waals surface area contributed by atoms with Gasteiger partial charge in [0.15, 0.2) is 5.75 Å². The molecule has 28 heavy (non-hydrogen) atoms. The van der Waals surface area contributed by atoms with E-state index in [0.29, 0.717) is 28.0 Å². The fraction of sp³-hybridized carbons (Fsp3) is 0.125. The van der Waals surface area contributed by atoms with Crippen molar-refractivity contribution in [2.75, 3.05) is 0 Å². The van der Waals surface area contributed by atoms with Crippen LogP contribution in [0.1, 0.15) is 27.8 Å². The van der Waals surface area contributed by atoms with Gasteiger partial charge in [-0.25, -0.2) is 0 Å². The molecule has 0 spiro atoms. The lowest BCUT2D eigenvalue weighted by molar-refractivity contribution is 0.306. The first-order chi connectivity index (χ1) is 13.5. The number of nitriles is 1. The van der Waals surface area contributed by atoms with Gasteiger partial charge < -0.3 is 4.74 Å². The predicted molar refractivity (Wildman–Crippen MR) is 117 cm³/mol. The van der Waals surface area contributed by atoms with Crippen LogP contribution in [0.4, 0.5) is 0 Å². The fourth-order valence-corrected chi connectivity index (χ4v) is 3.33. The minimum absolute atomic E-state index is 0.377. The van der Waals surface area contributed by atoms with Crippen molar-refractivity contribution in [2.24, 2.45) is 0 Å². The van der Waals surface area contributed by atoms with Gasteiger partial charge in [-0.15, -0.1) is 0 Å². The molecule has 2 nitrogen and oxygen atoms in total. The summed E-state index contributed by atoms with van der Waals surface area (Å²) in [6.07, 6.45) is 1.77. The van der Waals surface area contributed by atoms with Crippen LogP contribution < -0.4 is 4.74 Å². The van der Waals surface area contributed by atoms with Crippen LogP contribution >= 0.6 is 23.2 Å². The number of nitrogens with zero attached hydrogens (tertiary/aromatic N) is 1. The van der Waals surface area contributed by atoms with E-state index < -0.39 is 0 Å². The number of aryl methyl sites for hydroxylation is 2. The van der Waals surface area contributed by atoms with Gasteiger partial charge in [0.1, 0.15) is 6.61 Å². The average molecular weight is 408 g/mol. The minimum Gasteiger partial charge on any atom is -0.486 e. The van der Waals surface area contributed by atoms with E-state index in [9.17, 15) is 5.26 Å². The third kappa shape index (κ3) is 4.95. The maximum Gasteiger partial charge on any atom is 0.157 e. The Balaban J connectivity index is 1.83. The second-order valence-corrected chi connectivity index (χ2v) is 7.44. The van der Waals surface area contributed by atoms with E-state index in [1.165, 1.54) is 5.56 Å². The Morgan fingerprint density at radius 2 is 1.46 bits per heavy atom. The van der Waals surface area contributed by atoms with Gasteiger partial charge in [-0.1, -0.05) is 82.9 Å². The van der Waals surface area contributed by atoms with E-state index in [1.807, 2.05) is 62.4 Å². The first-order valence-electron chi connectivity index (χ1n) is 8.82. The Morgan fingerprint density at radius 3 is 2.00 bits per heavy atom. The summed E-state index contributed by atoms with van der Waals surface area (Å²) < 4.78 is 5.83. The average Bonchev–Trinajstić information content (AvgIpc) is 2.67. The quantitative estimate of drug-likeness (QED) is 0.329. The lowest BCUT2D eigenvalue weighted by Gasteiger charge is -2.11. The molecule has 0 saturated heterocycles. The molecular formula is C24H19Cl2NO. The second-order valence-electron chi connectivity index (χ2n) is 6.62. The lowest BCUT2D eigenvalue weighted by atomic mass is 10.0. The van der Waals surface area contributed by atoms with Gasteiger partial charge in [-0.2, -0.15) is 5.26 Å². The first kappa shape index (κ1) is 20.0. The Bertz CT molecular complexity index is 1020. The maximum absolute atomic E-state index is 9.52. The summed E-state index contributed by atoms with van der Waals surface area (Å²) in [5.74, 6) is 0.440. The van der Waals surface area contributed by atoms with Crippen molar-refractivity contribution >= 4 is 34.9 Å². The monoisotopic (exact) mass is 407 g/mol. The number of hydrogen-bond donors (Lipinski definition) is 0. The predicted octanol–water partition coefficient (Wildman–Crippen LogP) is 7.25. The molecular weight excluding hydrogens is 389 g/mol. The highest BCUT2D eigenvalue weighted by atomic mass is 35.5. The van der Waals surface area contributed by atoms with Gasteiger partial charge in [-0.3, -0.25) is 0 Å². The largest absolute Gasteiger partial charge is 0.486 e. The van der Waals surface area contributed by atoms with Crippen LogP contribution in [0.5, 0.6) is 5.75 Å². The van der Waals surface area contributed by atoms with Gasteiger partial charge in [0.25, 0.3) is 0 Å². The van der Waals surface area contributed by atoms with Crippen LogP contribution in [-0.4, -0.2) is 0 Å². The topological polar surface area (TPSA) is 33.0 Å². The van der Waals surface area contributed by atoms with Crippen molar-refractivity contribution < 1.29 is 4.74 Å². The fourth-order valence-electron chi connectivity index (χ4n) is 2.72. The number of hydrogen-bond acceptors (Lipinski definition) is 2. The van der Waals surface area contributed by atoms with Crippen molar-refractivity contribution in [1.29, 1.82) is 5.26 Å². The summed E-state index contributed by atoms with van der Waals surface area (Å²) in [7, 11) is 0. The Kier molecular flexibility index (Phi) is 6.41. The van der Waals surface area contributed by atoms with Crippen molar-refractivity contribution in [2.45, 2.75) is 20.5 Å². The normalized spacial score (nSPS) is 11.2. The highest BCUT2D eigenvalue weighted by Gasteiger charge is 2.11. The summed E-state index contributed by atoms with van der Waals surface area (Å²) in [6.45, 7) is 4.42. The summed E-state index contributed by atoms with van der Waals surface area (Å²) in [5, 5.41) is 10.3. The summed E-state index contributed by atoms with van der Waals surface area (Å²) >= 11 is 12.8. The third-order valence-corrected chi connectivity index (χ3v) is 4.88. The van der Waals surface area contributed by atoms with Crippen molar-refractivity contribution in [3.05, 3.63) is 98.5 Å². The molecule has 3 rings (SSSR count). The number of benzene rings is 3. The van der Waals surface area contributed by atoms with Crippen LogP contribution in [0, 0.1) is 25.2 Å². The molecule has 3 aromatic carbocycles. The van der Waals surface area contributed by atoms with Crippen LogP contribution in [0.15, 0.2) is 60.7 Å². The van der Waals surface area contributed by atoms with E-state index in [0.717, 1.165) is 22.3 Å². The Labute approximate surface area is 175 Å². The SMILES string of the molecule is Cc1ccc(COc2c(Cl)cc(/C=C(/C#N)c3ccc(C)cc3)cc2Cl)cc1. The van der Waals surface area contributed by atoms with E-state index in [1.54, 1.807) is 18.2 Å². The van der Waals surface area contributed by atoms with E-state index in [4.69, 9.17) is 27.9 Å². The van der Waals surface area contributed by atoms with Crippen LogP contribution in [-0.2, 0) is 6.61 Å². The van der Waals surface area contributed by atoms with Gasteiger partial charge in [0, 0.05) is 0 Å². The molecule has 0 radical (unpaired) electrons. The molecule has 0 aliphatic heterocycles. The molecule has 0 atom stereocenters. The van der Waals surface area contributed by atoms with Gasteiger partial charge in [0.2, 0.25) is 0 Å². The molecule has 0 aliphatic carbocycles. The molecule has 0 unspecified atom stereocenters. The summed E-state index contributed by atoms with van der Waals surface area (Å²) in [6, 6.07) is 21.6. The van der Waals surface area contributed by atoms with Gasteiger partial charge in [0.05, 0.1) is 21.7 Å². The zero-order valence-corrected chi connectivity index (χ0v) is 17.2. The van der Waals surface area contributed by atoms with Crippen LogP contribution in [0.2, 0.25) is 10.0 Å². The number of ether oxygens (including phenoxy) is 1. The number of allylic oxidation sites excluding steroid dienone is 1. The van der Waals surface area contributed by atoms with Gasteiger partial charge in [-0.05, 0) is 48.7 Å². The van der Waals surface area contributed by atoms with E-state index >= 15 is 0 Å². The second kappa shape index (κ2) is 8.97. The van der Waals surface area contributed by atoms with Crippen LogP contribution in [0.3, 0.4) is 0 Å². The molecule has 0 amide bonds. The zero-order chi connectivity index (χ0) is 20.1.